The van der Waals surface area contributed by atoms with E-state index in [9.17, 15) is 4.79 Å². The molecule has 1 aromatic heterocycles. The number of nitrogens with zero attached hydrogens (tertiary/aromatic N) is 1. The van der Waals surface area contributed by atoms with Gasteiger partial charge in [-0.15, -0.1) is 0 Å². The summed E-state index contributed by atoms with van der Waals surface area (Å²) in [6.45, 7) is 5.00. The second kappa shape index (κ2) is 5.67. The Morgan fingerprint density at radius 1 is 1.46 bits per heavy atom. The van der Waals surface area contributed by atoms with Crippen LogP contribution in [0.25, 0.3) is 0 Å². The van der Waals surface area contributed by atoms with Gasteiger partial charge in [-0.25, -0.2) is 0 Å². The molecule has 0 unspecified atom stereocenters. The summed E-state index contributed by atoms with van der Waals surface area (Å²) in [6.07, 6.45) is 0. The fraction of sp³-hybridized carbons (Fsp3) is 0.429. The van der Waals surface area contributed by atoms with E-state index in [4.69, 9.17) is 4.52 Å². The predicted molar refractivity (Wildman–Crippen MR) is 53.2 cm³/mol. The Bertz CT molecular complexity index is 266. The Kier molecular flexibility index (Phi) is 5.27. The summed E-state index contributed by atoms with van der Waals surface area (Å²) < 4.78 is 4.79. The van der Waals surface area contributed by atoms with Crippen LogP contribution in [-0.2, 0) is 0 Å². The summed E-state index contributed by atoms with van der Waals surface area (Å²) in [7, 11) is 10.0. The summed E-state index contributed by atoms with van der Waals surface area (Å²) in [4.78, 5) is 10.8. The lowest BCUT2D eigenvalue weighted by Crippen LogP contribution is -1.94. The van der Waals surface area contributed by atoms with Crippen molar-refractivity contribution >= 4 is 28.3 Å². The van der Waals surface area contributed by atoms with E-state index in [1.807, 2.05) is 0 Å². The van der Waals surface area contributed by atoms with E-state index in [1.54, 1.807) is 13.8 Å². The first-order valence-electron chi connectivity index (χ1n) is 3.73. The highest BCUT2D eigenvalue weighted by Gasteiger charge is 2.12. The molecule has 0 aliphatic rings. The van der Waals surface area contributed by atoms with E-state index in [2.05, 4.69) is 20.6 Å². The molecule has 5 radical (unpaired) electrons. The molecule has 0 fully saturated rings. The van der Waals surface area contributed by atoms with Gasteiger partial charge in [0.25, 0.3) is 0 Å². The fourth-order valence-electron chi connectivity index (χ4n) is 0.986. The minimum Gasteiger partial charge on any atom is -0.361 e. The average Bonchev–Trinajstić information content (AvgIpc) is 2.32. The SMILES string of the molecule is CC(=O)c1c(C)noc1C.[B][B][B]. The molecule has 0 aliphatic heterocycles. The van der Waals surface area contributed by atoms with Crippen LogP contribution < -0.4 is 0 Å². The van der Waals surface area contributed by atoms with Crippen molar-refractivity contribution in [1.29, 1.82) is 0 Å². The highest BCUT2D eigenvalue weighted by atomic mass is 16.5. The van der Waals surface area contributed by atoms with Gasteiger partial charge in [-0.1, -0.05) is 5.16 Å². The van der Waals surface area contributed by atoms with E-state index in [1.165, 1.54) is 6.92 Å². The van der Waals surface area contributed by atoms with Crippen LogP contribution in [0.4, 0.5) is 0 Å². The zero-order chi connectivity index (χ0) is 10.4. The third kappa shape index (κ3) is 3.53. The minimum atomic E-state index is 0.0104. The molecule has 0 saturated heterocycles. The monoisotopic (exact) mass is 172 g/mol. The Labute approximate surface area is 81.3 Å². The second-order valence-electron chi connectivity index (χ2n) is 2.45. The fourth-order valence-corrected chi connectivity index (χ4v) is 0.986. The topological polar surface area (TPSA) is 43.1 Å². The minimum absolute atomic E-state index is 0.0104. The normalized spacial score (nSPS) is 8.54. The molecule has 0 saturated carbocycles. The summed E-state index contributed by atoms with van der Waals surface area (Å²) in [5, 5.41) is 3.64. The van der Waals surface area contributed by atoms with Gasteiger partial charge >= 0.3 is 0 Å². The third-order valence-electron chi connectivity index (χ3n) is 1.39. The molecule has 0 aromatic carbocycles. The van der Waals surface area contributed by atoms with Crippen LogP contribution in [0.3, 0.4) is 0 Å². The van der Waals surface area contributed by atoms with E-state index in [-0.39, 0.29) is 5.78 Å². The van der Waals surface area contributed by atoms with Crippen molar-refractivity contribution in [2.45, 2.75) is 20.8 Å². The first-order valence-corrected chi connectivity index (χ1v) is 3.73. The van der Waals surface area contributed by atoms with Gasteiger partial charge in [0.05, 0.1) is 11.3 Å². The lowest BCUT2D eigenvalue weighted by Gasteiger charge is -1.88. The first-order chi connectivity index (χ1) is 6.04. The van der Waals surface area contributed by atoms with Crippen molar-refractivity contribution in [3.8, 4) is 0 Å². The largest absolute Gasteiger partial charge is 0.361 e. The molecule has 0 amide bonds. The number of aromatic nitrogens is 1. The van der Waals surface area contributed by atoms with Crippen LogP contribution in [0.2, 0.25) is 0 Å². The van der Waals surface area contributed by atoms with Gasteiger partial charge in [0.2, 0.25) is 0 Å². The number of carbonyl (C=O) groups excluding carboxylic acids is 1. The molecule has 1 aromatic rings. The maximum Gasteiger partial charge on any atom is 0.165 e. The Hall–Kier alpha value is -0.925. The Balaban J connectivity index is 0.000000424. The Morgan fingerprint density at radius 2 is 1.92 bits per heavy atom. The number of rotatable bonds is 1. The van der Waals surface area contributed by atoms with Crippen molar-refractivity contribution in [2.24, 2.45) is 0 Å². The van der Waals surface area contributed by atoms with Gasteiger partial charge in [-0.05, 0) is 20.8 Å². The van der Waals surface area contributed by atoms with E-state index < -0.39 is 0 Å². The average molecular weight is 172 g/mol. The van der Waals surface area contributed by atoms with Crippen molar-refractivity contribution in [2.75, 3.05) is 0 Å². The van der Waals surface area contributed by atoms with Crippen LogP contribution in [0.5, 0.6) is 0 Å². The summed E-state index contributed by atoms with van der Waals surface area (Å²) >= 11 is 0. The maximum absolute atomic E-state index is 10.8. The molecular formula is C7H9B3NO2. The summed E-state index contributed by atoms with van der Waals surface area (Å²) in [5.74, 6) is 0.612. The number of Topliss-reactive ketones (excluding diaryl/α,β-unsaturated/α-hetero) is 1. The smallest absolute Gasteiger partial charge is 0.165 e. The van der Waals surface area contributed by atoms with Gasteiger partial charge in [-0.2, -0.15) is 0 Å². The molecule has 6 heteroatoms. The first kappa shape index (κ1) is 12.1. The molecule has 0 bridgehead atoms. The molecule has 0 atom stereocenters. The molecule has 1 rings (SSSR count). The van der Waals surface area contributed by atoms with E-state index >= 15 is 0 Å². The molecule has 3 nitrogen and oxygen atoms in total. The zero-order valence-corrected chi connectivity index (χ0v) is 8.00. The lowest BCUT2D eigenvalue weighted by molar-refractivity contribution is 0.101. The van der Waals surface area contributed by atoms with Crippen LogP contribution in [0.1, 0.15) is 28.7 Å². The second-order valence-corrected chi connectivity index (χ2v) is 2.45. The van der Waals surface area contributed by atoms with E-state index in [0.717, 1.165) is 7.06 Å². The highest BCUT2D eigenvalue weighted by molar-refractivity contribution is 7.17. The molecule has 0 N–H and O–H groups in total. The predicted octanol–water partition coefficient (Wildman–Crippen LogP) is 0.352. The number of aryl methyl sites for hydroxylation is 2. The van der Waals surface area contributed by atoms with Crippen LogP contribution in [0, 0.1) is 13.8 Å². The van der Waals surface area contributed by atoms with Crippen LogP contribution in [0.15, 0.2) is 4.52 Å². The lowest BCUT2D eigenvalue weighted by atomic mass is 9.40. The van der Waals surface area contributed by atoms with Crippen LogP contribution >= 0.6 is 0 Å². The number of hydrogen-bond donors (Lipinski definition) is 0. The molecule has 0 aliphatic carbocycles. The Morgan fingerprint density at radius 3 is 2.08 bits per heavy atom. The van der Waals surface area contributed by atoms with Crippen molar-refractivity contribution in [1.82, 2.24) is 5.16 Å². The van der Waals surface area contributed by atoms with Gasteiger partial charge in [-0.3, -0.25) is 4.79 Å². The summed E-state index contributed by atoms with van der Waals surface area (Å²) in [5.41, 5.74) is 1.28. The molecule has 0 spiro atoms. The quantitative estimate of drug-likeness (QED) is 0.453. The molecule has 63 valence electrons. The summed E-state index contributed by atoms with van der Waals surface area (Å²) in [6, 6.07) is 0. The van der Waals surface area contributed by atoms with Gasteiger partial charge in [0, 0.05) is 22.5 Å². The van der Waals surface area contributed by atoms with E-state index in [0.29, 0.717) is 17.0 Å². The zero-order valence-electron chi connectivity index (χ0n) is 8.00. The molecule has 13 heavy (non-hydrogen) atoms. The van der Waals surface area contributed by atoms with Crippen molar-refractivity contribution in [3.05, 3.63) is 17.0 Å². The highest BCUT2D eigenvalue weighted by Crippen LogP contribution is 2.11. The van der Waals surface area contributed by atoms with Crippen molar-refractivity contribution in [3.63, 3.8) is 0 Å². The van der Waals surface area contributed by atoms with Crippen LogP contribution in [-0.4, -0.2) is 33.5 Å². The molecule has 1 heterocycles. The number of hydrogen-bond acceptors (Lipinski definition) is 3. The van der Waals surface area contributed by atoms with Gasteiger partial charge < -0.3 is 4.52 Å². The number of ketones is 1. The van der Waals surface area contributed by atoms with Crippen molar-refractivity contribution < 1.29 is 9.32 Å². The maximum atomic E-state index is 10.8. The van der Waals surface area contributed by atoms with Gasteiger partial charge in [0.1, 0.15) is 5.76 Å². The number of carbonyl (C=O) groups is 1. The standard InChI is InChI=1S/C7H9NO2.B3/c1-4-7(5(2)9)6(3)10-8-4;1-3-2/h1-3H3;. The molecular weight excluding hydrogens is 163 g/mol. The van der Waals surface area contributed by atoms with Gasteiger partial charge in [0.15, 0.2) is 5.78 Å². The third-order valence-corrected chi connectivity index (χ3v) is 1.39.